The van der Waals surface area contributed by atoms with Gasteiger partial charge in [-0.05, 0) is 27.2 Å². The first-order valence-corrected chi connectivity index (χ1v) is 5.55. The van der Waals surface area contributed by atoms with Crippen LogP contribution in [0, 0.1) is 5.92 Å². The minimum atomic E-state index is -0.399. The van der Waals surface area contributed by atoms with Crippen LogP contribution in [0.4, 0.5) is 4.79 Å². The largest absolute Gasteiger partial charge is 0.444 e. The molecule has 0 aromatic heterocycles. The number of rotatable bonds is 0. The molecule has 2 aliphatic rings. The quantitative estimate of drug-likeness (QED) is 0.614. The Morgan fingerprint density at radius 3 is 2.67 bits per heavy atom. The van der Waals surface area contributed by atoms with E-state index in [1.54, 1.807) is 4.90 Å². The normalized spacial score (nSPS) is 30.5. The highest BCUT2D eigenvalue weighted by atomic mass is 16.6. The Labute approximate surface area is 90.5 Å². The highest BCUT2D eigenvalue weighted by Crippen LogP contribution is 2.29. The SMILES string of the molecule is CC(C)(C)OC(=O)N1CCC2OCC2C1. The average Bonchev–Trinajstić information content (AvgIpc) is 2.04. The minimum Gasteiger partial charge on any atom is -0.444 e. The van der Waals surface area contributed by atoms with E-state index in [0.717, 1.165) is 26.1 Å². The summed E-state index contributed by atoms with van der Waals surface area (Å²) in [5, 5.41) is 0. The molecule has 4 nitrogen and oxygen atoms in total. The minimum absolute atomic E-state index is 0.187. The van der Waals surface area contributed by atoms with Crippen molar-refractivity contribution >= 4 is 6.09 Å². The number of piperidine rings is 1. The van der Waals surface area contributed by atoms with Crippen LogP contribution in [0.2, 0.25) is 0 Å². The number of amides is 1. The van der Waals surface area contributed by atoms with Crippen molar-refractivity contribution in [1.82, 2.24) is 4.90 Å². The van der Waals surface area contributed by atoms with Crippen molar-refractivity contribution in [2.45, 2.75) is 38.9 Å². The van der Waals surface area contributed by atoms with Gasteiger partial charge in [-0.15, -0.1) is 0 Å². The average molecular weight is 213 g/mol. The van der Waals surface area contributed by atoms with E-state index < -0.39 is 5.60 Å². The maximum atomic E-state index is 11.8. The molecule has 2 saturated heterocycles. The monoisotopic (exact) mass is 213 g/mol. The number of carbonyl (C=O) groups excluding carboxylic acids is 1. The first kappa shape index (κ1) is 10.7. The lowest BCUT2D eigenvalue weighted by Crippen LogP contribution is -2.55. The van der Waals surface area contributed by atoms with Crippen molar-refractivity contribution in [2.75, 3.05) is 19.7 Å². The van der Waals surface area contributed by atoms with Gasteiger partial charge < -0.3 is 14.4 Å². The van der Waals surface area contributed by atoms with E-state index in [0.29, 0.717) is 12.0 Å². The van der Waals surface area contributed by atoms with Gasteiger partial charge in [-0.3, -0.25) is 0 Å². The number of carbonyl (C=O) groups is 1. The molecule has 0 N–H and O–H groups in total. The molecule has 2 rings (SSSR count). The lowest BCUT2D eigenvalue weighted by Gasteiger charge is -2.45. The molecule has 0 aromatic rings. The van der Waals surface area contributed by atoms with Gasteiger partial charge in [0.1, 0.15) is 5.60 Å². The van der Waals surface area contributed by atoms with Crippen LogP contribution in [0.5, 0.6) is 0 Å². The second-order valence-corrected chi connectivity index (χ2v) is 5.35. The fourth-order valence-electron chi connectivity index (χ4n) is 2.01. The molecule has 1 amide bonds. The van der Waals surface area contributed by atoms with Crippen LogP contribution >= 0.6 is 0 Å². The van der Waals surface area contributed by atoms with Gasteiger partial charge in [-0.2, -0.15) is 0 Å². The molecular weight excluding hydrogens is 194 g/mol. The summed E-state index contributed by atoms with van der Waals surface area (Å²) >= 11 is 0. The molecule has 4 heteroatoms. The van der Waals surface area contributed by atoms with Gasteiger partial charge in [0.25, 0.3) is 0 Å². The van der Waals surface area contributed by atoms with Gasteiger partial charge >= 0.3 is 6.09 Å². The fraction of sp³-hybridized carbons (Fsp3) is 0.909. The summed E-state index contributed by atoms with van der Waals surface area (Å²) in [5.41, 5.74) is -0.399. The molecule has 15 heavy (non-hydrogen) atoms. The lowest BCUT2D eigenvalue weighted by atomic mass is 9.91. The Morgan fingerprint density at radius 1 is 1.47 bits per heavy atom. The molecule has 2 atom stereocenters. The molecule has 86 valence electrons. The molecule has 0 saturated carbocycles. The Hall–Kier alpha value is -0.770. The lowest BCUT2D eigenvalue weighted by molar-refractivity contribution is -0.146. The molecule has 2 unspecified atom stereocenters. The van der Waals surface area contributed by atoms with Gasteiger partial charge in [0.05, 0.1) is 12.7 Å². The van der Waals surface area contributed by atoms with Crippen LogP contribution in [-0.2, 0) is 9.47 Å². The van der Waals surface area contributed by atoms with E-state index in [1.807, 2.05) is 20.8 Å². The fourth-order valence-corrected chi connectivity index (χ4v) is 2.01. The molecule has 2 fully saturated rings. The first-order valence-electron chi connectivity index (χ1n) is 5.55. The maximum Gasteiger partial charge on any atom is 0.410 e. The van der Waals surface area contributed by atoms with E-state index in [-0.39, 0.29) is 6.09 Å². The highest BCUT2D eigenvalue weighted by molar-refractivity contribution is 5.68. The van der Waals surface area contributed by atoms with E-state index in [4.69, 9.17) is 9.47 Å². The maximum absolute atomic E-state index is 11.8. The summed E-state index contributed by atoms with van der Waals surface area (Å²) in [7, 11) is 0. The summed E-state index contributed by atoms with van der Waals surface area (Å²) in [6.07, 6.45) is 1.15. The summed E-state index contributed by atoms with van der Waals surface area (Å²) in [5.74, 6) is 0.534. The van der Waals surface area contributed by atoms with Crippen LogP contribution < -0.4 is 0 Å². The molecular formula is C11H19NO3. The second-order valence-electron chi connectivity index (χ2n) is 5.35. The Kier molecular flexibility index (Phi) is 2.63. The molecule has 0 bridgehead atoms. The predicted octanol–water partition coefficient (Wildman–Crippen LogP) is 1.64. The third-order valence-electron chi connectivity index (χ3n) is 2.84. The van der Waals surface area contributed by atoms with Gasteiger partial charge in [0.15, 0.2) is 0 Å². The predicted molar refractivity (Wildman–Crippen MR) is 55.7 cm³/mol. The second kappa shape index (κ2) is 3.67. The molecule has 0 radical (unpaired) electrons. The van der Waals surface area contributed by atoms with E-state index in [2.05, 4.69) is 0 Å². The first-order chi connectivity index (χ1) is 6.96. The van der Waals surface area contributed by atoms with Gasteiger partial charge in [0, 0.05) is 19.0 Å². The van der Waals surface area contributed by atoms with E-state index >= 15 is 0 Å². The molecule has 2 heterocycles. The van der Waals surface area contributed by atoms with Crippen molar-refractivity contribution in [1.29, 1.82) is 0 Å². The van der Waals surface area contributed by atoms with Crippen molar-refractivity contribution in [2.24, 2.45) is 5.92 Å². The molecule has 0 aliphatic carbocycles. The van der Waals surface area contributed by atoms with Crippen molar-refractivity contribution in [3.8, 4) is 0 Å². The van der Waals surface area contributed by atoms with Gasteiger partial charge in [-0.1, -0.05) is 0 Å². The number of hydrogen-bond acceptors (Lipinski definition) is 3. The smallest absolute Gasteiger partial charge is 0.410 e. The highest BCUT2D eigenvalue weighted by Gasteiger charge is 2.39. The molecule has 0 spiro atoms. The standard InChI is InChI=1S/C11H19NO3/c1-11(2,3)15-10(13)12-5-4-9-8(6-12)7-14-9/h8-9H,4-7H2,1-3H3. The third-order valence-corrected chi connectivity index (χ3v) is 2.84. The number of ether oxygens (including phenoxy) is 2. The van der Waals surface area contributed by atoms with Crippen molar-refractivity contribution in [3.05, 3.63) is 0 Å². The van der Waals surface area contributed by atoms with Crippen molar-refractivity contribution in [3.63, 3.8) is 0 Å². The van der Waals surface area contributed by atoms with Crippen LogP contribution in [0.1, 0.15) is 27.2 Å². The third kappa shape index (κ3) is 2.43. The number of nitrogens with zero attached hydrogens (tertiary/aromatic N) is 1. The zero-order valence-electron chi connectivity index (χ0n) is 9.66. The zero-order chi connectivity index (χ0) is 11.1. The molecule has 0 aromatic carbocycles. The number of fused-ring (bicyclic) bond motifs is 1. The Morgan fingerprint density at radius 2 is 2.20 bits per heavy atom. The van der Waals surface area contributed by atoms with Crippen LogP contribution in [0.25, 0.3) is 0 Å². The summed E-state index contributed by atoms with van der Waals surface area (Å²) < 4.78 is 10.7. The van der Waals surface area contributed by atoms with E-state index in [1.165, 1.54) is 0 Å². The summed E-state index contributed by atoms with van der Waals surface area (Å²) in [6.45, 7) is 8.03. The molecule has 2 aliphatic heterocycles. The number of likely N-dealkylation sites (tertiary alicyclic amines) is 1. The van der Waals surface area contributed by atoms with Crippen molar-refractivity contribution < 1.29 is 14.3 Å². The van der Waals surface area contributed by atoms with Crippen LogP contribution in [0.3, 0.4) is 0 Å². The topological polar surface area (TPSA) is 38.8 Å². The van der Waals surface area contributed by atoms with Crippen LogP contribution in [-0.4, -0.2) is 42.4 Å². The van der Waals surface area contributed by atoms with Gasteiger partial charge in [-0.25, -0.2) is 4.79 Å². The Balaban J connectivity index is 1.86. The van der Waals surface area contributed by atoms with E-state index in [9.17, 15) is 4.79 Å². The summed E-state index contributed by atoms with van der Waals surface area (Å²) in [4.78, 5) is 13.6. The Bertz CT molecular complexity index is 259. The zero-order valence-corrected chi connectivity index (χ0v) is 9.66. The number of hydrogen-bond donors (Lipinski definition) is 0. The summed E-state index contributed by atoms with van der Waals surface area (Å²) in [6, 6.07) is 0. The van der Waals surface area contributed by atoms with Crippen LogP contribution in [0.15, 0.2) is 0 Å². The van der Waals surface area contributed by atoms with Gasteiger partial charge in [0.2, 0.25) is 0 Å².